The standard InChI is InChI=1S/C22H37N3O/c1-23(2)13-14-24(17-20-8-4-3-5-9-20)18-21-10-6-11-22(16-21)19-25-12-7-15-26-25/h6,10-11,16,20H,3-5,7-9,12-15,17-19H2,1-2H3. The zero-order valence-corrected chi connectivity index (χ0v) is 16.8. The molecule has 1 aromatic rings. The minimum absolute atomic E-state index is 0.874. The summed E-state index contributed by atoms with van der Waals surface area (Å²) in [5.41, 5.74) is 2.81. The van der Waals surface area contributed by atoms with Crippen molar-refractivity contribution < 1.29 is 4.84 Å². The molecule has 4 heteroatoms. The summed E-state index contributed by atoms with van der Waals surface area (Å²) >= 11 is 0. The van der Waals surface area contributed by atoms with Gasteiger partial charge in [0.05, 0.1) is 6.61 Å². The Hall–Kier alpha value is -0.940. The zero-order chi connectivity index (χ0) is 18.2. The predicted octanol–water partition coefficient (Wildman–Crippen LogP) is 3.77. The highest BCUT2D eigenvalue weighted by Crippen LogP contribution is 2.25. The van der Waals surface area contributed by atoms with Crippen LogP contribution in [0.5, 0.6) is 0 Å². The molecule has 0 bridgehead atoms. The molecule has 0 N–H and O–H groups in total. The summed E-state index contributed by atoms with van der Waals surface area (Å²) in [5.74, 6) is 0.895. The van der Waals surface area contributed by atoms with Gasteiger partial charge in [-0.3, -0.25) is 9.74 Å². The normalized spacial score (nSPS) is 19.7. The van der Waals surface area contributed by atoms with Crippen LogP contribution < -0.4 is 0 Å². The van der Waals surface area contributed by atoms with Gasteiger partial charge in [-0.1, -0.05) is 43.5 Å². The quantitative estimate of drug-likeness (QED) is 0.668. The smallest absolute Gasteiger partial charge is 0.0698 e. The molecule has 1 heterocycles. The number of hydrogen-bond acceptors (Lipinski definition) is 4. The van der Waals surface area contributed by atoms with Crippen molar-refractivity contribution >= 4 is 0 Å². The van der Waals surface area contributed by atoms with Gasteiger partial charge >= 0.3 is 0 Å². The number of hydrogen-bond donors (Lipinski definition) is 0. The maximum atomic E-state index is 5.66. The largest absolute Gasteiger partial charge is 0.308 e. The molecule has 2 aliphatic rings. The molecule has 4 nitrogen and oxygen atoms in total. The lowest BCUT2D eigenvalue weighted by Gasteiger charge is -2.30. The Morgan fingerprint density at radius 2 is 1.85 bits per heavy atom. The molecule has 146 valence electrons. The lowest BCUT2D eigenvalue weighted by Crippen LogP contribution is -2.35. The van der Waals surface area contributed by atoms with E-state index in [1.807, 2.05) is 0 Å². The molecule has 0 radical (unpaired) electrons. The number of hydroxylamine groups is 2. The van der Waals surface area contributed by atoms with E-state index < -0.39 is 0 Å². The fourth-order valence-electron chi connectivity index (χ4n) is 4.22. The Morgan fingerprint density at radius 1 is 1.04 bits per heavy atom. The Labute approximate surface area is 160 Å². The van der Waals surface area contributed by atoms with Crippen molar-refractivity contribution in [2.75, 3.05) is 46.9 Å². The SMILES string of the molecule is CN(C)CCN(Cc1cccc(CN2CCCO2)c1)CC1CCCCC1. The molecule has 0 spiro atoms. The average molecular weight is 360 g/mol. The van der Waals surface area contributed by atoms with E-state index in [-0.39, 0.29) is 0 Å². The van der Waals surface area contributed by atoms with Gasteiger partial charge in [0.1, 0.15) is 0 Å². The van der Waals surface area contributed by atoms with Gasteiger partial charge in [-0.05, 0) is 50.4 Å². The molecule has 0 unspecified atom stereocenters. The first-order valence-electron chi connectivity index (χ1n) is 10.5. The first-order chi connectivity index (χ1) is 12.7. The third-order valence-electron chi connectivity index (χ3n) is 5.69. The zero-order valence-electron chi connectivity index (χ0n) is 16.8. The lowest BCUT2D eigenvalue weighted by atomic mass is 9.89. The number of nitrogens with zero attached hydrogens (tertiary/aromatic N) is 3. The van der Waals surface area contributed by atoms with E-state index in [0.717, 1.165) is 51.7 Å². The fourth-order valence-corrected chi connectivity index (χ4v) is 4.22. The van der Waals surface area contributed by atoms with Crippen LogP contribution in [0, 0.1) is 5.92 Å². The molecule has 1 aliphatic heterocycles. The summed E-state index contributed by atoms with van der Waals surface area (Å²) in [7, 11) is 4.35. The molecular weight excluding hydrogens is 322 g/mol. The van der Waals surface area contributed by atoms with Crippen LogP contribution in [-0.4, -0.2) is 61.7 Å². The summed E-state index contributed by atoms with van der Waals surface area (Å²) in [4.78, 5) is 10.6. The van der Waals surface area contributed by atoms with Crippen molar-refractivity contribution in [3.8, 4) is 0 Å². The van der Waals surface area contributed by atoms with E-state index in [0.29, 0.717) is 0 Å². The van der Waals surface area contributed by atoms with Crippen molar-refractivity contribution in [1.82, 2.24) is 14.9 Å². The third kappa shape index (κ3) is 6.66. The Morgan fingerprint density at radius 3 is 2.58 bits per heavy atom. The lowest BCUT2D eigenvalue weighted by molar-refractivity contribution is -0.117. The second-order valence-electron chi connectivity index (χ2n) is 8.41. The summed E-state index contributed by atoms with van der Waals surface area (Å²) in [5, 5.41) is 2.10. The average Bonchev–Trinajstić information content (AvgIpc) is 3.14. The summed E-state index contributed by atoms with van der Waals surface area (Å²) in [6.45, 7) is 7.46. The highest BCUT2D eigenvalue weighted by molar-refractivity contribution is 5.23. The van der Waals surface area contributed by atoms with Crippen molar-refractivity contribution in [3.05, 3.63) is 35.4 Å². The third-order valence-corrected chi connectivity index (χ3v) is 5.69. The van der Waals surface area contributed by atoms with Crippen LogP contribution in [0.15, 0.2) is 24.3 Å². The second kappa shape index (κ2) is 10.4. The first-order valence-corrected chi connectivity index (χ1v) is 10.5. The highest BCUT2D eigenvalue weighted by Gasteiger charge is 2.18. The van der Waals surface area contributed by atoms with Gasteiger partial charge in [-0.25, -0.2) is 0 Å². The molecule has 0 amide bonds. The number of rotatable bonds is 9. The van der Waals surface area contributed by atoms with Gasteiger partial charge in [0.15, 0.2) is 0 Å². The minimum atomic E-state index is 0.874. The molecule has 1 saturated carbocycles. The van der Waals surface area contributed by atoms with Crippen LogP contribution in [0.3, 0.4) is 0 Å². The summed E-state index contributed by atoms with van der Waals surface area (Å²) in [6, 6.07) is 9.12. The van der Waals surface area contributed by atoms with Gasteiger partial charge in [0.2, 0.25) is 0 Å². The fraction of sp³-hybridized carbons (Fsp3) is 0.727. The second-order valence-corrected chi connectivity index (χ2v) is 8.41. The maximum Gasteiger partial charge on any atom is 0.0698 e. The van der Waals surface area contributed by atoms with Crippen molar-refractivity contribution in [2.24, 2.45) is 5.92 Å². The first kappa shape index (κ1) is 19.8. The van der Waals surface area contributed by atoms with Crippen LogP contribution in [0.4, 0.5) is 0 Å². The Bertz CT molecular complexity index is 522. The monoisotopic (exact) mass is 359 g/mol. The van der Waals surface area contributed by atoms with E-state index in [1.165, 1.54) is 49.8 Å². The maximum absolute atomic E-state index is 5.66. The van der Waals surface area contributed by atoms with Gasteiger partial charge in [0.25, 0.3) is 0 Å². The van der Waals surface area contributed by atoms with Crippen molar-refractivity contribution in [1.29, 1.82) is 0 Å². The van der Waals surface area contributed by atoms with E-state index in [4.69, 9.17) is 4.84 Å². The molecule has 2 fully saturated rings. The molecule has 26 heavy (non-hydrogen) atoms. The molecule has 1 saturated heterocycles. The van der Waals surface area contributed by atoms with Crippen LogP contribution in [0.1, 0.15) is 49.7 Å². The molecule has 0 atom stereocenters. The van der Waals surface area contributed by atoms with Gasteiger partial charge in [-0.2, -0.15) is 5.06 Å². The van der Waals surface area contributed by atoms with E-state index in [1.54, 1.807) is 0 Å². The van der Waals surface area contributed by atoms with Gasteiger partial charge < -0.3 is 4.90 Å². The van der Waals surface area contributed by atoms with E-state index in [9.17, 15) is 0 Å². The highest BCUT2D eigenvalue weighted by atomic mass is 16.7. The molecule has 1 aliphatic carbocycles. The summed E-state index contributed by atoms with van der Waals surface area (Å²) in [6.07, 6.45) is 8.29. The number of benzene rings is 1. The van der Waals surface area contributed by atoms with Crippen molar-refractivity contribution in [2.45, 2.75) is 51.6 Å². The van der Waals surface area contributed by atoms with Crippen LogP contribution in [0.2, 0.25) is 0 Å². The van der Waals surface area contributed by atoms with Gasteiger partial charge in [0, 0.05) is 39.3 Å². The molecule has 1 aromatic carbocycles. The Kier molecular flexibility index (Phi) is 7.93. The van der Waals surface area contributed by atoms with Crippen LogP contribution >= 0.6 is 0 Å². The van der Waals surface area contributed by atoms with Crippen molar-refractivity contribution in [3.63, 3.8) is 0 Å². The molecule has 0 aromatic heterocycles. The van der Waals surface area contributed by atoms with Crippen LogP contribution in [0.25, 0.3) is 0 Å². The van der Waals surface area contributed by atoms with Gasteiger partial charge in [-0.15, -0.1) is 0 Å². The molecule has 3 rings (SSSR count). The van der Waals surface area contributed by atoms with E-state index in [2.05, 4.69) is 53.2 Å². The van der Waals surface area contributed by atoms with Crippen LogP contribution in [-0.2, 0) is 17.9 Å². The van der Waals surface area contributed by atoms with E-state index >= 15 is 0 Å². The predicted molar refractivity (Wildman–Crippen MR) is 108 cm³/mol. The molecular formula is C22H37N3O. The topological polar surface area (TPSA) is 19.0 Å². The Balaban J connectivity index is 1.58. The summed E-state index contributed by atoms with van der Waals surface area (Å²) < 4.78 is 0. The minimum Gasteiger partial charge on any atom is -0.308 e. The number of likely N-dealkylation sites (N-methyl/N-ethyl adjacent to an activating group) is 1.